The predicted octanol–water partition coefficient (Wildman–Crippen LogP) is 3.94. The molecule has 0 bridgehead atoms. The van der Waals surface area contributed by atoms with E-state index in [1.807, 2.05) is 0 Å². The molecule has 0 fully saturated rings. The van der Waals surface area contributed by atoms with Crippen LogP contribution >= 0.6 is 0 Å². The Bertz CT molecular complexity index is 657. The number of rotatable bonds is 1. The minimum atomic E-state index is -5.71. The highest BCUT2D eigenvalue weighted by molar-refractivity contribution is 5.53. The first-order valence-electron chi connectivity index (χ1n) is 4.92. The van der Waals surface area contributed by atoms with E-state index in [4.69, 9.17) is 10.5 Å². The monoisotopic (exact) mass is 314 g/mol. The summed E-state index contributed by atoms with van der Waals surface area (Å²) >= 11 is 0. The van der Waals surface area contributed by atoms with E-state index >= 15 is 0 Å². The highest BCUT2D eigenvalue weighted by atomic mass is 19.4. The van der Waals surface area contributed by atoms with Gasteiger partial charge in [0, 0.05) is 5.56 Å². The van der Waals surface area contributed by atoms with Crippen LogP contribution in [0.4, 0.5) is 35.1 Å². The molecular weight excluding hydrogens is 312 g/mol. The molecule has 0 saturated carbocycles. The summed E-state index contributed by atoms with van der Waals surface area (Å²) in [6, 6.07) is 1.66. The molecule has 0 aliphatic carbocycles. The number of hydrogen-bond acceptors (Lipinski definition) is 2. The standard InChI is InChI=1S/C11H2F8N2/c12-8-4(1-2-20)6(10(14,15)16)5(3-21)7(9(8)13)11(17,18)19/h1H2. The van der Waals surface area contributed by atoms with Gasteiger partial charge in [0.1, 0.15) is 11.6 Å². The van der Waals surface area contributed by atoms with Crippen molar-refractivity contribution >= 4 is 0 Å². The maximum absolute atomic E-state index is 13.5. The van der Waals surface area contributed by atoms with Crippen LogP contribution in [0.1, 0.15) is 22.3 Å². The van der Waals surface area contributed by atoms with Gasteiger partial charge < -0.3 is 0 Å². The first kappa shape index (κ1) is 16.7. The third-order valence-corrected chi connectivity index (χ3v) is 2.41. The molecule has 0 aliphatic heterocycles. The summed E-state index contributed by atoms with van der Waals surface area (Å²) in [5.74, 6) is -5.09. The van der Waals surface area contributed by atoms with E-state index in [1.165, 1.54) is 0 Å². The van der Waals surface area contributed by atoms with Crippen LogP contribution < -0.4 is 0 Å². The van der Waals surface area contributed by atoms with Crippen LogP contribution in [0.2, 0.25) is 0 Å². The molecule has 112 valence electrons. The first-order valence-corrected chi connectivity index (χ1v) is 4.92. The Morgan fingerprint density at radius 3 is 1.62 bits per heavy atom. The molecule has 1 aromatic carbocycles. The average Bonchev–Trinajstić information content (AvgIpc) is 2.31. The second kappa shape index (κ2) is 5.20. The van der Waals surface area contributed by atoms with Crippen LogP contribution in [0.5, 0.6) is 0 Å². The molecule has 0 spiro atoms. The molecule has 0 atom stereocenters. The number of halogens is 8. The summed E-state index contributed by atoms with van der Waals surface area (Å²) in [4.78, 5) is 0. The van der Waals surface area contributed by atoms with E-state index in [-0.39, 0.29) is 0 Å². The zero-order valence-corrected chi connectivity index (χ0v) is 9.63. The van der Waals surface area contributed by atoms with Crippen LogP contribution in [0, 0.1) is 34.3 Å². The maximum Gasteiger partial charge on any atom is 0.420 e. The van der Waals surface area contributed by atoms with Crippen LogP contribution in [-0.4, -0.2) is 0 Å². The van der Waals surface area contributed by atoms with Gasteiger partial charge in [-0.3, -0.25) is 0 Å². The number of alkyl halides is 6. The smallest absolute Gasteiger partial charge is 0.203 e. The average molecular weight is 314 g/mol. The summed E-state index contributed by atoms with van der Waals surface area (Å²) in [6.45, 7) is 0. The van der Waals surface area contributed by atoms with Gasteiger partial charge in [-0.15, -0.1) is 0 Å². The number of benzene rings is 1. The van der Waals surface area contributed by atoms with E-state index in [1.54, 1.807) is 0 Å². The van der Waals surface area contributed by atoms with Crippen LogP contribution in [-0.2, 0) is 18.8 Å². The topological polar surface area (TPSA) is 47.6 Å². The Labute approximate surface area is 111 Å². The molecule has 1 aromatic rings. The van der Waals surface area contributed by atoms with Gasteiger partial charge in [0.05, 0.1) is 23.6 Å². The van der Waals surface area contributed by atoms with E-state index in [9.17, 15) is 35.1 Å². The van der Waals surface area contributed by atoms with Crippen molar-refractivity contribution in [3.63, 3.8) is 0 Å². The van der Waals surface area contributed by atoms with Gasteiger partial charge >= 0.3 is 12.4 Å². The van der Waals surface area contributed by atoms with Gasteiger partial charge in [-0.25, -0.2) is 8.78 Å². The van der Waals surface area contributed by atoms with Crippen molar-refractivity contribution in [2.24, 2.45) is 0 Å². The Morgan fingerprint density at radius 2 is 1.29 bits per heavy atom. The van der Waals surface area contributed by atoms with E-state index in [0.717, 1.165) is 6.07 Å². The Hall–Kier alpha value is -2.36. The van der Waals surface area contributed by atoms with Crippen LogP contribution in [0.15, 0.2) is 0 Å². The zero-order chi connectivity index (χ0) is 16.6. The fourth-order valence-corrected chi connectivity index (χ4v) is 1.67. The highest BCUT2D eigenvalue weighted by Crippen LogP contribution is 2.43. The van der Waals surface area contributed by atoms with Crippen molar-refractivity contribution in [2.75, 3.05) is 0 Å². The second-order valence-corrected chi connectivity index (χ2v) is 3.67. The Kier molecular flexibility index (Phi) is 4.14. The van der Waals surface area contributed by atoms with E-state index in [2.05, 4.69) is 0 Å². The molecule has 0 N–H and O–H groups in total. The molecule has 1 rings (SSSR count). The molecular formula is C11H2F8N2. The molecule has 0 saturated heterocycles. The molecule has 21 heavy (non-hydrogen) atoms. The number of nitrogens with zero attached hydrogens (tertiary/aromatic N) is 2. The molecule has 10 heteroatoms. The maximum atomic E-state index is 13.5. The molecule has 0 amide bonds. The lowest BCUT2D eigenvalue weighted by Crippen LogP contribution is -2.22. The first-order chi connectivity index (χ1) is 9.46. The molecule has 0 aromatic heterocycles. The van der Waals surface area contributed by atoms with Gasteiger partial charge in [0.2, 0.25) is 0 Å². The van der Waals surface area contributed by atoms with Crippen molar-refractivity contribution in [3.05, 3.63) is 33.9 Å². The van der Waals surface area contributed by atoms with Crippen molar-refractivity contribution in [2.45, 2.75) is 18.8 Å². The third-order valence-electron chi connectivity index (χ3n) is 2.41. The van der Waals surface area contributed by atoms with Gasteiger partial charge in [-0.2, -0.15) is 36.9 Å². The summed E-state index contributed by atoms with van der Waals surface area (Å²) in [5.41, 5.74) is -8.67. The molecule has 0 radical (unpaired) electrons. The Morgan fingerprint density at radius 1 is 0.810 bits per heavy atom. The summed E-state index contributed by atoms with van der Waals surface area (Å²) in [6.07, 6.45) is -12.6. The van der Waals surface area contributed by atoms with Gasteiger partial charge in [0.25, 0.3) is 0 Å². The minimum absolute atomic E-state index is 0.588. The van der Waals surface area contributed by atoms with E-state index < -0.39 is 52.7 Å². The minimum Gasteiger partial charge on any atom is -0.203 e. The summed E-state index contributed by atoms with van der Waals surface area (Å²) in [7, 11) is 0. The fourth-order valence-electron chi connectivity index (χ4n) is 1.67. The fraction of sp³-hybridized carbons (Fsp3) is 0.273. The lowest BCUT2D eigenvalue weighted by atomic mass is 9.93. The third kappa shape index (κ3) is 2.89. The lowest BCUT2D eigenvalue weighted by Gasteiger charge is -2.19. The number of nitriles is 2. The molecule has 2 nitrogen and oxygen atoms in total. The largest absolute Gasteiger partial charge is 0.420 e. The highest BCUT2D eigenvalue weighted by Gasteiger charge is 2.47. The van der Waals surface area contributed by atoms with Crippen molar-refractivity contribution in [1.29, 1.82) is 10.5 Å². The lowest BCUT2D eigenvalue weighted by molar-refractivity contribution is -0.145. The molecule has 0 aliphatic rings. The SMILES string of the molecule is N#CCc1c(F)c(F)c(C(F)(F)F)c(C#N)c1C(F)(F)F. The van der Waals surface area contributed by atoms with Crippen LogP contribution in [0.3, 0.4) is 0 Å². The van der Waals surface area contributed by atoms with Gasteiger partial charge in [-0.05, 0) is 0 Å². The predicted molar refractivity (Wildman–Crippen MR) is 50.4 cm³/mol. The normalized spacial score (nSPS) is 11.9. The van der Waals surface area contributed by atoms with Crippen molar-refractivity contribution in [3.8, 4) is 12.1 Å². The molecule has 0 unspecified atom stereocenters. The Balaban J connectivity index is 4.05. The van der Waals surface area contributed by atoms with Crippen LogP contribution in [0.25, 0.3) is 0 Å². The quantitative estimate of drug-likeness (QED) is 0.737. The van der Waals surface area contributed by atoms with Gasteiger partial charge in [-0.1, -0.05) is 0 Å². The number of hydrogen-bond donors (Lipinski definition) is 0. The summed E-state index contributed by atoms with van der Waals surface area (Å²) < 4.78 is 103. The second-order valence-electron chi connectivity index (χ2n) is 3.67. The van der Waals surface area contributed by atoms with E-state index in [0.29, 0.717) is 6.07 Å². The van der Waals surface area contributed by atoms with Gasteiger partial charge in [0.15, 0.2) is 11.6 Å². The molecule has 0 heterocycles. The zero-order valence-electron chi connectivity index (χ0n) is 9.63. The van der Waals surface area contributed by atoms with Crippen molar-refractivity contribution in [1.82, 2.24) is 0 Å². The van der Waals surface area contributed by atoms with Crippen molar-refractivity contribution < 1.29 is 35.1 Å². The summed E-state index contributed by atoms with van der Waals surface area (Å²) in [5, 5.41) is 16.8.